The highest BCUT2D eigenvalue weighted by atomic mass is 16.4. The first-order chi connectivity index (χ1) is 9.61. The van der Waals surface area contributed by atoms with E-state index in [0.717, 1.165) is 44.8 Å². The Labute approximate surface area is 119 Å². The second kappa shape index (κ2) is 12.6. The minimum Gasteiger partial charge on any atom is -0.480 e. The van der Waals surface area contributed by atoms with Crippen molar-refractivity contribution < 1.29 is 24.6 Å². The molecule has 0 aromatic carbocycles. The van der Waals surface area contributed by atoms with E-state index in [9.17, 15) is 14.4 Å². The van der Waals surface area contributed by atoms with Crippen molar-refractivity contribution >= 4 is 18.2 Å². The zero-order valence-corrected chi connectivity index (χ0v) is 11.8. The zero-order valence-electron chi connectivity index (χ0n) is 11.8. The average Bonchev–Trinajstić information content (AvgIpc) is 2.41. The predicted molar refractivity (Wildman–Crippen MR) is 74.3 cm³/mol. The van der Waals surface area contributed by atoms with E-state index in [1.165, 1.54) is 0 Å². The molecular weight excluding hydrogens is 262 g/mol. The summed E-state index contributed by atoms with van der Waals surface area (Å²) in [6.45, 7) is -0.266. The van der Waals surface area contributed by atoms with Crippen LogP contribution in [0.3, 0.4) is 0 Å². The maximum Gasteiger partial charge on any atom is 0.326 e. The van der Waals surface area contributed by atoms with E-state index in [4.69, 9.17) is 10.2 Å². The maximum absolute atomic E-state index is 11.5. The molecule has 1 unspecified atom stereocenters. The largest absolute Gasteiger partial charge is 0.480 e. The summed E-state index contributed by atoms with van der Waals surface area (Å²) in [6, 6.07) is -1.00. The van der Waals surface area contributed by atoms with Gasteiger partial charge in [-0.1, -0.05) is 25.7 Å². The molecule has 0 bridgehead atoms. The Hall–Kier alpha value is -1.43. The zero-order chi connectivity index (χ0) is 15.2. The number of aldehydes is 1. The SMILES string of the molecule is O=CCCCCCCCCC(=O)NC(CCO)C(=O)O. The molecular formula is C14H25NO5. The molecule has 6 heteroatoms. The fourth-order valence-corrected chi connectivity index (χ4v) is 1.87. The van der Waals surface area contributed by atoms with Gasteiger partial charge in [0, 0.05) is 25.9 Å². The minimum absolute atomic E-state index is 0.0256. The molecule has 0 aliphatic rings. The number of carbonyl (C=O) groups is 3. The van der Waals surface area contributed by atoms with E-state index >= 15 is 0 Å². The third kappa shape index (κ3) is 10.5. The summed E-state index contributed by atoms with van der Waals surface area (Å²) in [4.78, 5) is 32.4. The molecule has 0 radical (unpaired) electrons. The minimum atomic E-state index is -1.12. The van der Waals surface area contributed by atoms with Crippen LogP contribution < -0.4 is 5.32 Å². The molecule has 6 nitrogen and oxygen atoms in total. The van der Waals surface area contributed by atoms with Crippen molar-refractivity contribution in [3.05, 3.63) is 0 Å². The molecule has 0 aliphatic carbocycles. The van der Waals surface area contributed by atoms with Crippen LogP contribution in [0.15, 0.2) is 0 Å². The number of carbonyl (C=O) groups excluding carboxylic acids is 2. The van der Waals surface area contributed by atoms with Gasteiger partial charge in [-0.25, -0.2) is 4.79 Å². The lowest BCUT2D eigenvalue weighted by atomic mass is 10.1. The van der Waals surface area contributed by atoms with Gasteiger partial charge in [0.15, 0.2) is 0 Å². The Morgan fingerprint density at radius 1 is 1.05 bits per heavy atom. The smallest absolute Gasteiger partial charge is 0.326 e. The summed E-state index contributed by atoms with van der Waals surface area (Å²) >= 11 is 0. The molecule has 0 fully saturated rings. The number of hydrogen-bond acceptors (Lipinski definition) is 4. The normalized spacial score (nSPS) is 11.8. The standard InChI is InChI=1S/C14H25NO5/c16-10-7-5-3-1-2-4-6-8-13(18)15-12(9-11-17)14(19)20/h10,12,17H,1-9,11H2,(H,15,18)(H,19,20). The molecule has 0 saturated carbocycles. The van der Waals surface area contributed by atoms with Gasteiger partial charge in [-0.2, -0.15) is 0 Å². The Morgan fingerprint density at radius 3 is 2.20 bits per heavy atom. The fourth-order valence-electron chi connectivity index (χ4n) is 1.87. The molecule has 0 aliphatic heterocycles. The van der Waals surface area contributed by atoms with E-state index in [0.29, 0.717) is 12.8 Å². The average molecular weight is 287 g/mol. The van der Waals surface area contributed by atoms with Gasteiger partial charge in [-0.05, 0) is 12.8 Å². The number of amides is 1. The maximum atomic E-state index is 11.5. The first-order valence-corrected chi connectivity index (χ1v) is 7.18. The topological polar surface area (TPSA) is 104 Å². The van der Waals surface area contributed by atoms with Crippen LogP contribution in [-0.4, -0.2) is 41.0 Å². The Morgan fingerprint density at radius 2 is 1.65 bits per heavy atom. The van der Waals surface area contributed by atoms with E-state index in [2.05, 4.69) is 5.32 Å². The van der Waals surface area contributed by atoms with E-state index in [-0.39, 0.29) is 18.9 Å². The van der Waals surface area contributed by atoms with Crippen LogP contribution in [0.1, 0.15) is 57.8 Å². The van der Waals surface area contributed by atoms with Crippen molar-refractivity contribution in [3.63, 3.8) is 0 Å². The van der Waals surface area contributed by atoms with Gasteiger partial charge < -0.3 is 20.3 Å². The monoisotopic (exact) mass is 287 g/mol. The summed E-state index contributed by atoms with van der Waals surface area (Å²) in [5, 5.41) is 19.9. The highest BCUT2D eigenvalue weighted by Crippen LogP contribution is 2.08. The first kappa shape index (κ1) is 18.6. The molecule has 0 rings (SSSR count). The second-order valence-electron chi connectivity index (χ2n) is 4.80. The van der Waals surface area contributed by atoms with Gasteiger partial charge in [-0.3, -0.25) is 4.79 Å². The highest BCUT2D eigenvalue weighted by Gasteiger charge is 2.18. The Kier molecular flexibility index (Phi) is 11.7. The summed E-state index contributed by atoms with van der Waals surface area (Å²) in [5.41, 5.74) is 0. The third-order valence-corrected chi connectivity index (χ3v) is 3.03. The lowest BCUT2D eigenvalue weighted by Gasteiger charge is -2.12. The van der Waals surface area contributed by atoms with Gasteiger partial charge in [-0.15, -0.1) is 0 Å². The number of aliphatic carboxylic acids is 1. The van der Waals surface area contributed by atoms with Crippen LogP contribution in [0.4, 0.5) is 0 Å². The van der Waals surface area contributed by atoms with E-state index in [1.54, 1.807) is 0 Å². The number of hydrogen-bond donors (Lipinski definition) is 3. The van der Waals surface area contributed by atoms with Crippen LogP contribution in [0.2, 0.25) is 0 Å². The summed E-state index contributed by atoms with van der Waals surface area (Å²) in [5.74, 6) is -1.41. The van der Waals surface area contributed by atoms with Crippen LogP contribution in [0.25, 0.3) is 0 Å². The molecule has 3 N–H and O–H groups in total. The van der Waals surface area contributed by atoms with Gasteiger partial charge in [0.1, 0.15) is 12.3 Å². The first-order valence-electron chi connectivity index (χ1n) is 7.18. The van der Waals surface area contributed by atoms with Crippen molar-refractivity contribution in [3.8, 4) is 0 Å². The number of carboxylic acids is 1. The molecule has 0 spiro atoms. The second-order valence-corrected chi connectivity index (χ2v) is 4.80. The molecule has 0 aromatic rings. The number of nitrogens with one attached hydrogen (secondary N) is 1. The third-order valence-electron chi connectivity index (χ3n) is 3.03. The van der Waals surface area contributed by atoms with Crippen molar-refractivity contribution in [2.45, 2.75) is 63.8 Å². The molecule has 20 heavy (non-hydrogen) atoms. The summed E-state index contributed by atoms with van der Waals surface area (Å²) < 4.78 is 0. The highest BCUT2D eigenvalue weighted by molar-refractivity contribution is 5.83. The lowest BCUT2D eigenvalue weighted by molar-refractivity contribution is -0.142. The van der Waals surface area contributed by atoms with Gasteiger partial charge in [0.2, 0.25) is 5.91 Å². The number of carboxylic acid groups (broad SMARTS) is 1. The van der Waals surface area contributed by atoms with Crippen LogP contribution in [0.5, 0.6) is 0 Å². The molecule has 116 valence electrons. The molecule has 1 amide bonds. The van der Waals surface area contributed by atoms with Crippen LogP contribution in [-0.2, 0) is 14.4 Å². The van der Waals surface area contributed by atoms with E-state index < -0.39 is 12.0 Å². The van der Waals surface area contributed by atoms with Crippen LogP contribution in [0, 0.1) is 0 Å². The number of unbranched alkanes of at least 4 members (excludes halogenated alkanes) is 6. The number of aliphatic hydroxyl groups is 1. The molecule has 0 aromatic heterocycles. The fraction of sp³-hybridized carbons (Fsp3) is 0.786. The van der Waals surface area contributed by atoms with Crippen molar-refractivity contribution in [2.75, 3.05) is 6.61 Å². The predicted octanol–water partition coefficient (Wildman–Crippen LogP) is 1.26. The molecule has 0 heterocycles. The summed E-state index contributed by atoms with van der Waals surface area (Å²) in [7, 11) is 0. The number of aliphatic hydroxyl groups excluding tert-OH is 1. The summed E-state index contributed by atoms with van der Waals surface area (Å²) in [6.07, 6.45) is 7.55. The Bertz CT molecular complexity index is 293. The van der Waals surface area contributed by atoms with Crippen molar-refractivity contribution in [1.82, 2.24) is 5.32 Å². The van der Waals surface area contributed by atoms with E-state index in [1.807, 2.05) is 0 Å². The van der Waals surface area contributed by atoms with Gasteiger partial charge >= 0.3 is 5.97 Å². The van der Waals surface area contributed by atoms with Crippen LogP contribution >= 0.6 is 0 Å². The molecule has 1 atom stereocenters. The van der Waals surface area contributed by atoms with Crippen molar-refractivity contribution in [1.29, 1.82) is 0 Å². The van der Waals surface area contributed by atoms with Gasteiger partial charge in [0.25, 0.3) is 0 Å². The number of rotatable bonds is 13. The lowest BCUT2D eigenvalue weighted by Crippen LogP contribution is -2.41. The van der Waals surface area contributed by atoms with Gasteiger partial charge in [0.05, 0.1) is 0 Å². The Balaban J connectivity index is 3.57. The quantitative estimate of drug-likeness (QED) is 0.349. The molecule has 0 saturated heterocycles. The van der Waals surface area contributed by atoms with Crippen molar-refractivity contribution in [2.24, 2.45) is 0 Å².